The Morgan fingerprint density at radius 3 is 2.59 bits per heavy atom. The highest BCUT2D eigenvalue weighted by atomic mass is 16.3. The summed E-state index contributed by atoms with van der Waals surface area (Å²) in [7, 11) is 0. The third kappa shape index (κ3) is 4.09. The predicted molar refractivity (Wildman–Crippen MR) is 111 cm³/mol. The lowest BCUT2D eigenvalue weighted by Gasteiger charge is -2.15. The molecule has 0 saturated heterocycles. The number of aromatic amines is 1. The van der Waals surface area contributed by atoms with Crippen molar-refractivity contribution in [2.75, 3.05) is 11.9 Å². The number of amides is 2. The molecule has 0 aliphatic rings. The average molecular weight is 388 g/mol. The first-order valence-corrected chi connectivity index (χ1v) is 9.26. The average Bonchev–Trinajstić information content (AvgIpc) is 3.14. The molecule has 1 heterocycles. The van der Waals surface area contributed by atoms with Crippen LogP contribution in [0, 0.1) is 0 Å². The molecule has 0 spiro atoms. The summed E-state index contributed by atoms with van der Waals surface area (Å²) in [5.74, 6) is -0.629. The molecule has 0 radical (unpaired) electrons. The molecule has 1 atom stereocenters. The number of benzene rings is 3. The second-order valence-corrected chi connectivity index (χ2v) is 6.71. The van der Waals surface area contributed by atoms with Gasteiger partial charge >= 0.3 is 0 Å². The number of rotatable bonds is 6. The van der Waals surface area contributed by atoms with Gasteiger partial charge in [-0.2, -0.15) is 0 Å². The van der Waals surface area contributed by atoms with Crippen LogP contribution in [0.25, 0.3) is 21.8 Å². The van der Waals surface area contributed by atoms with Crippen molar-refractivity contribution in [3.63, 3.8) is 0 Å². The lowest BCUT2D eigenvalue weighted by atomic mass is 10.0. The molecule has 0 aliphatic heterocycles. The molecule has 4 rings (SSSR count). The van der Waals surface area contributed by atoms with E-state index in [-0.39, 0.29) is 18.3 Å². The highest BCUT2D eigenvalue weighted by Gasteiger charge is 2.21. The molecule has 0 bridgehead atoms. The lowest BCUT2D eigenvalue weighted by Crippen LogP contribution is -2.46. The summed E-state index contributed by atoms with van der Waals surface area (Å²) in [6.07, 6.45) is 0.107. The van der Waals surface area contributed by atoms with Crippen molar-refractivity contribution in [1.29, 1.82) is 0 Å². The minimum absolute atomic E-state index is 0.107. The maximum absolute atomic E-state index is 12.5. The monoisotopic (exact) mass is 388 g/mol. The SMILES string of the molecule is O=C(Cc1cccc2ccccc12)N[C@@H](CO)C(=O)Nc1nc2ccccc2[nH]1. The maximum Gasteiger partial charge on any atom is 0.251 e. The van der Waals surface area contributed by atoms with Gasteiger partial charge in [0.1, 0.15) is 6.04 Å². The number of imidazole rings is 1. The summed E-state index contributed by atoms with van der Waals surface area (Å²) in [6, 6.07) is 19.8. The van der Waals surface area contributed by atoms with E-state index in [0.717, 1.165) is 21.9 Å². The highest BCUT2D eigenvalue weighted by Crippen LogP contribution is 2.19. The predicted octanol–water partition coefficient (Wildman–Crippen LogP) is 2.37. The van der Waals surface area contributed by atoms with Crippen molar-refractivity contribution in [3.8, 4) is 0 Å². The van der Waals surface area contributed by atoms with Crippen molar-refractivity contribution < 1.29 is 14.7 Å². The second-order valence-electron chi connectivity index (χ2n) is 6.71. The topological polar surface area (TPSA) is 107 Å². The van der Waals surface area contributed by atoms with Crippen LogP contribution in [0.5, 0.6) is 0 Å². The molecule has 0 fully saturated rings. The molecule has 146 valence electrons. The summed E-state index contributed by atoms with van der Waals surface area (Å²) in [6.45, 7) is -0.520. The van der Waals surface area contributed by atoms with Crippen molar-refractivity contribution in [2.24, 2.45) is 0 Å². The molecule has 4 N–H and O–H groups in total. The molecule has 4 aromatic rings. The third-order valence-corrected chi connectivity index (χ3v) is 4.70. The zero-order valence-electron chi connectivity index (χ0n) is 15.6. The first kappa shape index (κ1) is 18.6. The van der Waals surface area contributed by atoms with E-state index in [0.29, 0.717) is 5.52 Å². The Bertz CT molecular complexity index is 1150. The summed E-state index contributed by atoms with van der Waals surface area (Å²) in [5, 5.41) is 16.8. The van der Waals surface area contributed by atoms with Gasteiger partial charge in [-0.25, -0.2) is 4.98 Å². The van der Waals surface area contributed by atoms with Gasteiger partial charge < -0.3 is 15.4 Å². The molecule has 3 aromatic carbocycles. The van der Waals surface area contributed by atoms with Crippen LogP contribution in [-0.4, -0.2) is 39.5 Å². The van der Waals surface area contributed by atoms with E-state index in [2.05, 4.69) is 20.6 Å². The Balaban J connectivity index is 1.43. The quantitative estimate of drug-likeness (QED) is 0.407. The minimum atomic E-state index is -1.08. The highest BCUT2D eigenvalue weighted by molar-refractivity contribution is 5.98. The number of nitrogens with one attached hydrogen (secondary N) is 3. The molecule has 0 saturated carbocycles. The fourth-order valence-corrected chi connectivity index (χ4v) is 3.27. The Kier molecular flexibility index (Phi) is 5.22. The van der Waals surface area contributed by atoms with Crippen LogP contribution in [-0.2, 0) is 16.0 Å². The number of aromatic nitrogens is 2. The molecular weight excluding hydrogens is 368 g/mol. The number of hydrogen-bond acceptors (Lipinski definition) is 4. The Morgan fingerprint density at radius 2 is 1.76 bits per heavy atom. The van der Waals surface area contributed by atoms with Crippen LogP contribution < -0.4 is 10.6 Å². The van der Waals surface area contributed by atoms with Crippen molar-refractivity contribution in [3.05, 3.63) is 72.3 Å². The van der Waals surface area contributed by atoms with Crippen molar-refractivity contribution >= 4 is 39.6 Å². The van der Waals surface area contributed by atoms with Gasteiger partial charge in [0, 0.05) is 0 Å². The van der Waals surface area contributed by atoms with Crippen molar-refractivity contribution in [1.82, 2.24) is 15.3 Å². The third-order valence-electron chi connectivity index (χ3n) is 4.70. The number of anilines is 1. The van der Waals surface area contributed by atoms with Gasteiger partial charge in [0.2, 0.25) is 11.9 Å². The number of fused-ring (bicyclic) bond motifs is 2. The summed E-state index contributed by atoms with van der Waals surface area (Å²) in [5.41, 5.74) is 2.35. The second kappa shape index (κ2) is 8.12. The molecule has 2 amide bonds. The number of hydrogen-bond donors (Lipinski definition) is 4. The van der Waals surface area contributed by atoms with Gasteiger partial charge in [0.15, 0.2) is 0 Å². The zero-order chi connectivity index (χ0) is 20.2. The molecule has 0 unspecified atom stereocenters. The fraction of sp³-hybridized carbons (Fsp3) is 0.136. The van der Waals surface area contributed by atoms with Crippen LogP contribution in [0.3, 0.4) is 0 Å². The van der Waals surface area contributed by atoms with Crippen LogP contribution in [0.2, 0.25) is 0 Å². The number of para-hydroxylation sites is 2. The molecule has 29 heavy (non-hydrogen) atoms. The van der Waals surface area contributed by atoms with E-state index in [4.69, 9.17) is 0 Å². The number of aliphatic hydroxyl groups is 1. The number of nitrogens with zero attached hydrogens (tertiary/aromatic N) is 1. The largest absolute Gasteiger partial charge is 0.394 e. The van der Waals surface area contributed by atoms with E-state index in [1.54, 1.807) is 0 Å². The van der Waals surface area contributed by atoms with Gasteiger partial charge in [-0.15, -0.1) is 0 Å². The Hall–Kier alpha value is -3.71. The fourth-order valence-electron chi connectivity index (χ4n) is 3.27. The van der Waals surface area contributed by atoms with Gasteiger partial charge in [-0.1, -0.05) is 54.6 Å². The van der Waals surface area contributed by atoms with E-state index in [1.165, 1.54) is 0 Å². The van der Waals surface area contributed by atoms with E-state index in [9.17, 15) is 14.7 Å². The number of carbonyl (C=O) groups excluding carboxylic acids is 2. The Labute approximate surface area is 166 Å². The van der Waals surface area contributed by atoms with Gasteiger partial charge in [-0.3, -0.25) is 14.9 Å². The van der Waals surface area contributed by atoms with Gasteiger partial charge in [0.05, 0.1) is 24.1 Å². The smallest absolute Gasteiger partial charge is 0.251 e. The van der Waals surface area contributed by atoms with Crippen LogP contribution in [0.1, 0.15) is 5.56 Å². The van der Waals surface area contributed by atoms with E-state index >= 15 is 0 Å². The lowest BCUT2D eigenvalue weighted by molar-refractivity contribution is -0.126. The standard InChI is InChI=1S/C22H20N4O3/c27-13-19(21(29)26-22-24-17-10-3-4-11-18(17)25-22)23-20(28)12-15-8-5-7-14-6-1-2-9-16(14)15/h1-11,19,27H,12-13H2,(H,23,28)(H2,24,25,26,29)/t19-/m0/s1. The normalized spacial score (nSPS) is 12.0. The zero-order valence-corrected chi connectivity index (χ0v) is 15.6. The minimum Gasteiger partial charge on any atom is -0.394 e. The van der Waals surface area contributed by atoms with E-state index < -0.39 is 18.6 Å². The van der Waals surface area contributed by atoms with Gasteiger partial charge in [0.25, 0.3) is 5.91 Å². The molecule has 7 heteroatoms. The van der Waals surface area contributed by atoms with Crippen LogP contribution >= 0.6 is 0 Å². The molecule has 1 aromatic heterocycles. The Morgan fingerprint density at radius 1 is 1.00 bits per heavy atom. The van der Waals surface area contributed by atoms with Crippen LogP contribution in [0.15, 0.2) is 66.7 Å². The van der Waals surface area contributed by atoms with Gasteiger partial charge in [-0.05, 0) is 28.5 Å². The molecular formula is C22H20N4O3. The summed E-state index contributed by atoms with van der Waals surface area (Å²) < 4.78 is 0. The maximum atomic E-state index is 12.5. The first-order chi connectivity index (χ1) is 14.1. The molecule has 0 aliphatic carbocycles. The number of carbonyl (C=O) groups is 2. The molecule has 7 nitrogen and oxygen atoms in total. The summed E-state index contributed by atoms with van der Waals surface area (Å²) in [4.78, 5) is 32.2. The number of H-pyrrole nitrogens is 1. The van der Waals surface area contributed by atoms with Crippen LogP contribution in [0.4, 0.5) is 5.95 Å². The number of aliphatic hydroxyl groups excluding tert-OH is 1. The summed E-state index contributed by atoms with van der Waals surface area (Å²) >= 11 is 0. The van der Waals surface area contributed by atoms with Crippen molar-refractivity contribution in [2.45, 2.75) is 12.5 Å². The first-order valence-electron chi connectivity index (χ1n) is 9.26. The van der Waals surface area contributed by atoms with E-state index in [1.807, 2.05) is 66.7 Å².